The summed E-state index contributed by atoms with van der Waals surface area (Å²) >= 11 is 6.33. The van der Waals surface area contributed by atoms with Gasteiger partial charge in [-0.3, -0.25) is 4.68 Å². The van der Waals surface area contributed by atoms with Crippen molar-refractivity contribution in [3.63, 3.8) is 0 Å². The molecule has 2 aromatic rings. The summed E-state index contributed by atoms with van der Waals surface area (Å²) in [5.41, 5.74) is 2.48. The predicted molar refractivity (Wildman–Crippen MR) is 79.5 cm³/mol. The van der Waals surface area contributed by atoms with E-state index in [1.807, 2.05) is 31.5 Å². The SMILES string of the molecule is CCc1nn(CC)c(COc2cccc(O)c2C)c1Cl. The number of aryl methyl sites for hydroxylation is 2. The van der Waals surface area contributed by atoms with Gasteiger partial charge in [-0.05, 0) is 32.4 Å². The lowest BCUT2D eigenvalue weighted by Gasteiger charge is -2.11. The zero-order chi connectivity index (χ0) is 14.7. The third kappa shape index (κ3) is 2.75. The summed E-state index contributed by atoms with van der Waals surface area (Å²) in [6, 6.07) is 5.23. The molecule has 2 rings (SSSR count). The molecular weight excluding hydrogens is 276 g/mol. The molecule has 4 nitrogen and oxygen atoms in total. The quantitative estimate of drug-likeness (QED) is 0.914. The molecule has 108 valence electrons. The molecule has 0 fully saturated rings. The van der Waals surface area contributed by atoms with Crippen molar-refractivity contribution in [3.05, 3.63) is 40.2 Å². The van der Waals surface area contributed by atoms with Gasteiger partial charge in [0.05, 0.1) is 16.4 Å². The van der Waals surface area contributed by atoms with Crippen LogP contribution in [0.1, 0.15) is 30.8 Å². The molecule has 5 heteroatoms. The van der Waals surface area contributed by atoms with Crippen LogP contribution in [-0.4, -0.2) is 14.9 Å². The van der Waals surface area contributed by atoms with Gasteiger partial charge >= 0.3 is 0 Å². The Morgan fingerprint density at radius 3 is 2.75 bits per heavy atom. The number of benzene rings is 1. The summed E-state index contributed by atoms with van der Waals surface area (Å²) in [6.45, 7) is 6.95. The molecule has 0 aliphatic carbocycles. The second kappa shape index (κ2) is 6.18. The fraction of sp³-hybridized carbons (Fsp3) is 0.400. The van der Waals surface area contributed by atoms with E-state index in [2.05, 4.69) is 5.10 Å². The number of rotatable bonds is 5. The minimum absolute atomic E-state index is 0.229. The molecule has 0 unspecified atom stereocenters. The van der Waals surface area contributed by atoms with Gasteiger partial charge in [-0.2, -0.15) is 5.10 Å². The summed E-state index contributed by atoms with van der Waals surface area (Å²) in [7, 11) is 0. The lowest BCUT2D eigenvalue weighted by atomic mass is 10.2. The molecule has 0 amide bonds. The molecule has 20 heavy (non-hydrogen) atoms. The average Bonchev–Trinajstić information content (AvgIpc) is 2.76. The van der Waals surface area contributed by atoms with Gasteiger partial charge in [0.15, 0.2) is 0 Å². The molecule has 0 aliphatic heterocycles. The maximum absolute atomic E-state index is 9.67. The Labute approximate surface area is 123 Å². The van der Waals surface area contributed by atoms with Crippen molar-refractivity contribution in [2.45, 2.75) is 40.3 Å². The van der Waals surface area contributed by atoms with E-state index >= 15 is 0 Å². The zero-order valence-corrected chi connectivity index (χ0v) is 12.7. The number of aromatic hydroxyl groups is 1. The van der Waals surface area contributed by atoms with E-state index in [9.17, 15) is 5.11 Å². The topological polar surface area (TPSA) is 47.3 Å². The Morgan fingerprint density at radius 2 is 2.10 bits per heavy atom. The van der Waals surface area contributed by atoms with E-state index in [1.54, 1.807) is 12.1 Å². The van der Waals surface area contributed by atoms with Gasteiger partial charge in [-0.25, -0.2) is 0 Å². The van der Waals surface area contributed by atoms with E-state index in [-0.39, 0.29) is 5.75 Å². The molecular formula is C15H19ClN2O2. The van der Waals surface area contributed by atoms with E-state index in [0.29, 0.717) is 17.4 Å². The molecule has 0 radical (unpaired) electrons. The minimum atomic E-state index is 0.229. The molecule has 0 bridgehead atoms. The monoisotopic (exact) mass is 294 g/mol. The Balaban J connectivity index is 2.22. The number of nitrogens with zero attached hydrogens (tertiary/aromatic N) is 2. The second-order valence-corrected chi connectivity index (χ2v) is 4.94. The van der Waals surface area contributed by atoms with Crippen LogP contribution in [0.15, 0.2) is 18.2 Å². The van der Waals surface area contributed by atoms with Gasteiger partial charge in [0.25, 0.3) is 0 Å². The molecule has 0 saturated heterocycles. The Morgan fingerprint density at radius 1 is 1.35 bits per heavy atom. The molecule has 0 aliphatic rings. The maximum atomic E-state index is 9.67. The minimum Gasteiger partial charge on any atom is -0.508 e. The van der Waals surface area contributed by atoms with Crippen LogP contribution in [0.4, 0.5) is 0 Å². The highest BCUT2D eigenvalue weighted by Crippen LogP contribution is 2.28. The smallest absolute Gasteiger partial charge is 0.131 e. The third-order valence-electron chi connectivity index (χ3n) is 3.31. The number of phenolic OH excluding ortho intramolecular Hbond substituents is 1. The summed E-state index contributed by atoms with van der Waals surface area (Å²) < 4.78 is 7.64. The molecule has 0 saturated carbocycles. The number of hydrogen-bond acceptors (Lipinski definition) is 3. The van der Waals surface area contributed by atoms with Gasteiger partial charge in [-0.1, -0.05) is 24.6 Å². The number of hydrogen-bond donors (Lipinski definition) is 1. The van der Waals surface area contributed by atoms with Crippen molar-refractivity contribution >= 4 is 11.6 Å². The normalized spacial score (nSPS) is 10.8. The van der Waals surface area contributed by atoms with Crippen LogP contribution in [0.3, 0.4) is 0 Å². The van der Waals surface area contributed by atoms with E-state index in [0.717, 1.165) is 29.9 Å². The lowest BCUT2D eigenvalue weighted by Crippen LogP contribution is -2.07. The van der Waals surface area contributed by atoms with Crippen LogP contribution in [0.5, 0.6) is 11.5 Å². The van der Waals surface area contributed by atoms with Crippen LogP contribution in [0, 0.1) is 6.92 Å². The van der Waals surface area contributed by atoms with Gasteiger partial charge in [0, 0.05) is 12.1 Å². The van der Waals surface area contributed by atoms with Crippen molar-refractivity contribution in [3.8, 4) is 11.5 Å². The fourth-order valence-corrected chi connectivity index (χ4v) is 2.38. The largest absolute Gasteiger partial charge is 0.508 e. The van der Waals surface area contributed by atoms with Gasteiger partial charge in [-0.15, -0.1) is 0 Å². The first-order valence-corrected chi connectivity index (χ1v) is 7.11. The van der Waals surface area contributed by atoms with Crippen LogP contribution in [0.2, 0.25) is 5.02 Å². The highest BCUT2D eigenvalue weighted by atomic mass is 35.5. The molecule has 0 spiro atoms. The van der Waals surface area contributed by atoms with Crippen molar-refractivity contribution in [1.82, 2.24) is 9.78 Å². The fourth-order valence-electron chi connectivity index (χ4n) is 2.06. The molecule has 1 heterocycles. The summed E-state index contributed by atoms with van der Waals surface area (Å²) in [5.74, 6) is 0.884. The van der Waals surface area contributed by atoms with Crippen molar-refractivity contribution in [2.24, 2.45) is 0 Å². The van der Waals surface area contributed by atoms with E-state index in [4.69, 9.17) is 16.3 Å². The van der Waals surface area contributed by atoms with Gasteiger partial charge < -0.3 is 9.84 Å². The van der Waals surface area contributed by atoms with E-state index in [1.165, 1.54) is 0 Å². The first-order valence-electron chi connectivity index (χ1n) is 6.73. The Bertz CT molecular complexity index is 608. The third-order valence-corrected chi connectivity index (χ3v) is 3.75. The van der Waals surface area contributed by atoms with Crippen molar-refractivity contribution in [1.29, 1.82) is 0 Å². The summed E-state index contributed by atoms with van der Waals surface area (Å²) in [4.78, 5) is 0. The average molecular weight is 295 g/mol. The molecule has 1 aromatic heterocycles. The predicted octanol–water partition coefficient (Wildman–Crippen LogP) is 3.71. The zero-order valence-electron chi connectivity index (χ0n) is 12.0. The Hall–Kier alpha value is -1.68. The molecule has 1 aromatic carbocycles. The molecule has 0 atom stereocenters. The second-order valence-electron chi connectivity index (χ2n) is 4.57. The number of phenols is 1. The van der Waals surface area contributed by atoms with Gasteiger partial charge in [0.1, 0.15) is 18.1 Å². The van der Waals surface area contributed by atoms with Crippen LogP contribution in [0.25, 0.3) is 0 Å². The first-order chi connectivity index (χ1) is 9.58. The highest BCUT2D eigenvalue weighted by Gasteiger charge is 2.15. The number of aromatic nitrogens is 2. The van der Waals surface area contributed by atoms with Crippen LogP contribution >= 0.6 is 11.6 Å². The standard InChI is InChI=1S/C15H19ClN2O2/c1-4-11-15(16)12(18(5-2)17-11)9-20-14-8-6-7-13(19)10(14)3/h6-8,19H,4-5,9H2,1-3H3. The summed E-state index contributed by atoms with van der Waals surface area (Å²) in [6.07, 6.45) is 0.796. The number of halogens is 1. The molecule has 1 N–H and O–H groups in total. The lowest BCUT2D eigenvalue weighted by molar-refractivity contribution is 0.288. The van der Waals surface area contributed by atoms with Crippen LogP contribution < -0.4 is 4.74 Å². The van der Waals surface area contributed by atoms with E-state index < -0.39 is 0 Å². The van der Waals surface area contributed by atoms with Crippen LogP contribution in [-0.2, 0) is 19.6 Å². The first kappa shape index (κ1) is 14.7. The number of ether oxygens (including phenoxy) is 1. The summed E-state index contributed by atoms with van der Waals surface area (Å²) in [5, 5.41) is 14.8. The van der Waals surface area contributed by atoms with Crippen molar-refractivity contribution in [2.75, 3.05) is 0 Å². The Kier molecular flexibility index (Phi) is 4.55. The van der Waals surface area contributed by atoms with Crippen molar-refractivity contribution < 1.29 is 9.84 Å². The highest BCUT2D eigenvalue weighted by molar-refractivity contribution is 6.31. The van der Waals surface area contributed by atoms with Gasteiger partial charge in [0.2, 0.25) is 0 Å². The maximum Gasteiger partial charge on any atom is 0.131 e.